The van der Waals surface area contributed by atoms with Crippen LogP contribution >= 0.6 is 0 Å². The van der Waals surface area contributed by atoms with E-state index in [9.17, 15) is 4.79 Å². The first-order valence-corrected chi connectivity index (χ1v) is 6.73. The summed E-state index contributed by atoms with van der Waals surface area (Å²) in [7, 11) is 0. The third kappa shape index (κ3) is 3.17. The number of nitrogens with two attached hydrogens (primary N) is 1. The summed E-state index contributed by atoms with van der Waals surface area (Å²) in [5.74, 6) is 0.851. The lowest BCUT2D eigenvalue weighted by atomic mass is 10.2. The molecule has 3 N–H and O–H groups in total. The van der Waals surface area contributed by atoms with Gasteiger partial charge in [0.1, 0.15) is 11.8 Å². The van der Waals surface area contributed by atoms with E-state index in [4.69, 9.17) is 10.5 Å². The number of rotatable bonds is 4. The molecule has 0 saturated carbocycles. The first kappa shape index (κ1) is 13.7. The van der Waals surface area contributed by atoms with Crippen LogP contribution in [-0.2, 0) is 4.79 Å². The van der Waals surface area contributed by atoms with Crippen LogP contribution < -0.4 is 20.7 Å². The highest BCUT2D eigenvalue weighted by atomic mass is 16.5. The number of hydrogen-bond donors (Lipinski definition) is 2. The van der Waals surface area contributed by atoms with E-state index in [1.807, 2.05) is 31.2 Å². The Bertz CT molecular complexity index is 419. The van der Waals surface area contributed by atoms with Crippen molar-refractivity contribution in [2.45, 2.75) is 19.4 Å². The van der Waals surface area contributed by atoms with E-state index in [1.165, 1.54) is 0 Å². The lowest BCUT2D eigenvalue weighted by molar-refractivity contribution is -0.121. The van der Waals surface area contributed by atoms with Crippen LogP contribution in [0.3, 0.4) is 0 Å². The number of ether oxygens (including phenoxy) is 1. The van der Waals surface area contributed by atoms with Gasteiger partial charge in [-0.2, -0.15) is 0 Å². The summed E-state index contributed by atoms with van der Waals surface area (Å²) in [6.07, 6.45) is 0.926. The number of benzene rings is 1. The van der Waals surface area contributed by atoms with Crippen LogP contribution in [0.4, 0.5) is 5.69 Å². The number of nitrogens with one attached hydrogen (secondary N) is 1. The van der Waals surface area contributed by atoms with Crippen molar-refractivity contribution in [2.24, 2.45) is 5.73 Å². The highest BCUT2D eigenvalue weighted by molar-refractivity contribution is 5.86. The van der Waals surface area contributed by atoms with Crippen LogP contribution in [0.25, 0.3) is 0 Å². The predicted molar refractivity (Wildman–Crippen MR) is 75.4 cm³/mol. The van der Waals surface area contributed by atoms with Crippen LogP contribution in [0.1, 0.15) is 13.3 Å². The van der Waals surface area contributed by atoms with Crippen molar-refractivity contribution >= 4 is 11.6 Å². The van der Waals surface area contributed by atoms with Crippen LogP contribution in [-0.4, -0.2) is 38.2 Å². The van der Waals surface area contributed by atoms with Gasteiger partial charge in [-0.15, -0.1) is 0 Å². The number of anilines is 1. The van der Waals surface area contributed by atoms with Crippen LogP contribution in [0.2, 0.25) is 0 Å². The third-order valence-corrected chi connectivity index (χ3v) is 3.26. The Balaban J connectivity index is 2.19. The molecule has 0 aliphatic carbocycles. The average Bonchev–Trinajstić information content (AvgIpc) is 2.61. The quantitative estimate of drug-likeness (QED) is 0.841. The Morgan fingerprint density at radius 1 is 1.42 bits per heavy atom. The van der Waals surface area contributed by atoms with Gasteiger partial charge in [0.15, 0.2) is 0 Å². The van der Waals surface area contributed by atoms with E-state index in [0.29, 0.717) is 19.7 Å². The van der Waals surface area contributed by atoms with Gasteiger partial charge in [0.2, 0.25) is 5.91 Å². The van der Waals surface area contributed by atoms with E-state index >= 15 is 0 Å². The standard InChI is InChI=1S/C14H21N3O2/c1-2-19-12-6-4-11(5-7-12)17-9-3-8-16-14(18)13(17)10-15/h4-7,13H,2-3,8-10,15H2,1H3,(H,16,18). The summed E-state index contributed by atoms with van der Waals surface area (Å²) in [6, 6.07) is 7.52. The van der Waals surface area contributed by atoms with Crippen molar-refractivity contribution in [3.8, 4) is 5.75 Å². The van der Waals surface area contributed by atoms with Crippen LogP contribution in [0.5, 0.6) is 5.75 Å². The molecule has 1 atom stereocenters. The van der Waals surface area contributed by atoms with Gasteiger partial charge in [0.05, 0.1) is 6.61 Å². The molecule has 1 aromatic rings. The third-order valence-electron chi connectivity index (χ3n) is 3.26. The van der Waals surface area contributed by atoms with Crippen molar-refractivity contribution in [3.63, 3.8) is 0 Å². The highest BCUT2D eigenvalue weighted by Gasteiger charge is 2.26. The molecule has 1 aromatic carbocycles. The van der Waals surface area contributed by atoms with E-state index in [2.05, 4.69) is 10.2 Å². The molecule has 0 spiro atoms. The monoisotopic (exact) mass is 263 g/mol. The van der Waals surface area contributed by atoms with Gasteiger partial charge >= 0.3 is 0 Å². The van der Waals surface area contributed by atoms with Gasteiger partial charge < -0.3 is 20.7 Å². The Morgan fingerprint density at radius 3 is 2.79 bits per heavy atom. The molecular weight excluding hydrogens is 242 g/mol. The zero-order valence-electron chi connectivity index (χ0n) is 11.3. The molecule has 104 valence electrons. The molecule has 0 aromatic heterocycles. The molecule has 5 heteroatoms. The van der Waals surface area contributed by atoms with E-state index in [0.717, 1.165) is 24.4 Å². The largest absolute Gasteiger partial charge is 0.494 e. The normalized spacial score (nSPS) is 19.8. The summed E-state index contributed by atoms with van der Waals surface area (Å²) in [4.78, 5) is 14.0. The van der Waals surface area contributed by atoms with E-state index < -0.39 is 0 Å². The minimum absolute atomic E-state index is 0.00823. The van der Waals surface area contributed by atoms with Crippen LogP contribution in [0.15, 0.2) is 24.3 Å². The van der Waals surface area contributed by atoms with Gasteiger partial charge in [-0.05, 0) is 37.6 Å². The molecule has 19 heavy (non-hydrogen) atoms. The van der Waals surface area contributed by atoms with Gasteiger partial charge in [0, 0.05) is 25.3 Å². The molecule has 1 heterocycles. The zero-order chi connectivity index (χ0) is 13.7. The molecule has 1 fully saturated rings. The number of carbonyl (C=O) groups is 1. The summed E-state index contributed by atoms with van der Waals surface area (Å²) in [6.45, 7) is 4.46. The molecule has 1 saturated heterocycles. The lowest BCUT2D eigenvalue weighted by Crippen LogP contribution is -2.49. The number of hydrogen-bond acceptors (Lipinski definition) is 4. The Labute approximate surface area is 113 Å². The first-order valence-electron chi connectivity index (χ1n) is 6.73. The predicted octanol–water partition coefficient (Wildman–Crippen LogP) is 0.739. The van der Waals surface area contributed by atoms with Crippen molar-refractivity contribution in [3.05, 3.63) is 24.3 Å². The van der Waals surface area contributed by atoms with Crippen molar-refractivity contribution < 1.29 is 9.53 Å². The summed E-state index contributed by atoms with van der Waals surface area (Å²) in [5.41, 5.74) is 6.75. The van der Waals surface area contributed by atoms with Gasteiger partial charge in [-0.1, -0.05) is 0 Å². The van der Waals surface area contributed by atoms with E-state index in [1.54, 1.807) is 0 Å². The molecule has 1 unspecified atom stereocenters. The number of nitrogens with zero attached hydrogens (tertiary/aromatic N) is 1. The topological polar surface area (TPSA) is 67.6 Å². The fraction of sp³-hybridized carbons (Fsp3) is 0.500. The molecule has 1 amide bonds. The Morgan fingerprint density at radius 2 is 2.16 bits per heavy atom. The maximum Gasteiger partial charge on any atom is 0.244 e. The molecule has 2 rings (SSSR count). The average molecular weight is 263 g/mol. The fourth-order valence-electron chi connectivity index (χ4n) is 2.32. The zero-order valence-corrected chi connectivity index (χ0v) is 11.3. The molecule has 0 radical (unpaired) electrons. The number of amides is 1. The molecule has 1 aliphatic heterocycles. The van der Waals surface area contributed by atoms with Crippen LogP contribution in [0, 0.1) is 0 Å². The Kier molecular flexibility index (Phi) is 4.63. The molecular formula is C14H21N3O2. The minimum atomic E-state index is -0.291. The maximum atomic E-state index is 11.9. The van der Waals surface area contributed by atoms with E-state index in [-0.39, 0.29) is 11.9 Å². The summed E-state index contributed by atoms with van der Waals surface area (Å²) in [5, 5.41) is 2.89. The van der Waals surface area contributed by atoms with Gasteiger partial charge in [-0.3, -0.25) is 4.79 Å². The van der Waals surface area contributed by atoms with Gasteiger partial charge in [0.25, 0.3) is 0 Å². The minimum Gasteiger partial charge on any atom is -0.494 e. The second kappa shape index (κ2) is 6.43. The summed E-state index contributed by atoms with van der Waals surface area (Å²) >= 11 is 0. The second-order valence-corrected chi connectivity index (χ2v) is 4.52. The fourth-order valence-corrected chi connectivity index (χ4v) is 2.32. The van der Waals surface area contributed by atoms with Crippen molar-refractivity contribution in [1.29, 1.82) is 0 Å². The van der Waals surface area contributed by atoms with Crippen molar-refractivity contribution in [2.75, 3.05) is 31.1 Å². The molecule has 5 nitrogen and oxygen atoms in total. The first-order chi connectivity index (χ1) is 9.26. The SMILES string of the molecule is CCOc1ccc(N2CCCNC(=O)C2CN)cc1. The Hall–Kier alpha value is -1.75. The molecule has 1 aliphatic rings. The van der Waals surface area contributed by atoms with Crippen molar-refractivity contribution in [1.82, 2.24) is 5.32 Å². The molecule has 0 bridgehead atoms. The maximum absolute atomic E-state index is 11.9. The lowest BCUT2D eigenvalue weighted by Gasteiger charge is -2.29. The van der Waals surface area contributed by atoms with Gasteiger partial charge in [-0.25, -0.2) is 0 Å². The number of carbonyl (C=O) groups excluding carboxylic acids is 1. The second-order valence-electron chi connectivity index (χ2n) is 4.52. The summed E-state index contributed by atoms with van der Waals surface area (Å²) < 4.78 is 5.42. The smallest absolute Gasteiger partial charge is 0.244 e. The highest BCUT2D eigenvalue weighted by Crippen LogP contribution is 2.22.